The molecule has 0 saturated carbocycles. The van der Waals surface area contributed by atoms with Gasteiger partial charge in [-0.15, -0.1) is 0 Å². The summed E-state index contributed by atoms with van der Waals surface area (Å²) in [5, 5.41) is 4.80. The number of rotatable bonds is 2. The van der Waals surface area contributed by atoms with Gasteiger partial charge in [0.1, 0.15) is 6.04 Å². The molecule has 16 heavy (non-hydrogen) atoms. The van der Waals surface area contributed by atoms with Gasteiger partial charge in [0.15, 0.2) is 0 Å². The number of hydrogen-bond acceptors (Lipinski definition) is 4. The fraction of sp³-hybridized carbons (Fsp3) is 0.571. The van der Waals surface area contributed by atoms with Gasteiger partial charge in [0.05, 0.1) is 17.8 Å². The van der Waals surface area contributed by atoms with Crippen molar-refractivity contribution in [3.63, 3.8) is 0 Å². The van der Waals surface area contributed by atoms with Crippen LogP contribution in [0.3, 0.4) is 0 Å². The average Bonchev–Trinajstić information content (AvgIpc) is 2.14. The monoisotopic (exact) mass is 257 g/mol. The lowest BCUT2D eigenvalue weighted by Crippen LogP contribution is -2.45. The maximum Gasteiger partial charge on any atom is 0.408 e. The summed E-state index contributed by atoms with van der Waals surface area (Å²) >= 11 is 0. The summed E-state index contributed by atoms with van der Waals surface area (Å²) in [6.07, 6.45) is -2.57. The quantitative estimate of drug-likeness (QED) is 0.778. The highest BCUT2D eigenvalue weighted by Gasteiger charge is 2.40. The second-order valence-electron chi connectivity index (χ2n) is 3.29. The van der Waals surface area contributed by atoms with Crippen molar-refractivity contribution >= 4 is 16.4 Å². The molecule has 1 heterocycles. The van der Waals surface area contributed by atoms with Gasteiger partial charge < -0.3 is 4.90 Å². The van der Waals surface area contributed by atoms with Crippen molar-refractivity contribution < 1.29 is 21.6 Å². The maximum absolute atomic E-state index is 12.4. The molecule has 1 rings (SSSR count). The summed E-state index contributed by atoms with van der Waals surface area (Å²) in [7, 11) is -4.00. The highest BCUT2D eigenvalue weighted by molar-refractivity contribution is 7.93. The molecule has 0 aromatic heterocycles. The number of sulfonamides is 1. The zero-order chi connectivity index (χ0) is 12.6. The average molecular weight is 257 g/mol. The van der Waals surface area contributed by atoms with Crippen molar-refractivity contribution in [1.29, 1.82) is 0 Å². The van der Waals surface area contributed by atoms with Crippen LogP contribution in [-0.4, -0.2) is 38.4 Å². The zero-order valence-corrected chi connectivity index (χ0v) is 9.09. The van der Waals surface area contributed by atoms with Crippen LogP contribution in [0, 0.1) is 0 Å². The molecule has 0 fully saturated rings. The van der Waals surface area contributed by atoms with Gasteiger partial charge in [-0.1, -0.05) is 0 Å². The Kier molecular flexibility index (Phi) is 3.29. The Morgan fingerprint density at radius 1 is 1.56 bits per heavy atom. The largest absolute Gasteiger partial charge is 0.408 e. The summed E-state index contributed by atoms with van der Waals surface area (Å²) in [6.45, 7) is 0.487. The van der Waals surface area contributed by atoms with Gasteiger partial charge in [-0.25, -0.2) is 18.5 Å². The zero-order valence-electron chi connectivity index (χ0n) is 8.27. The first-order valence-electron chi connectivity index (χ1n) is 4.20. The van der Waals surface area contributed by atoms with Gasteiger partial charge in [-0.3, -0.25) is 0 Å². The van der Waals surface area contributed by atoms with Gasteiger partial charge >= 0.3 is 6.18 Å². The Balaban J connectivity index is 2.86. The van der Waals surface area contributed by atoms with E-state index in [0.29, 0.717) is 0 Å². The van der Waals surface area contributed by atoms with Gasteiger partial charge in [0, 0.05) is 6.20 Å². The van der Waals surface area contributed by atoms with Crippen LogP contribution in [0.15, 0.2) is 16.1 Å². The molecule has 0 aliphatic carbocycles. The van der Waals surface area contributed by atoms with Crippen LogP contribution >= 0.6 is 0 Å². The van der Waals surface area contributed by atoms with Crippen LogP contribution in [0.5, 0.6) is 0 Å². The van der Waals surface area contributed by atoms with Crippen LogP contribution in [0.25, 0.3) is 0 Å². The fourth-order valence-corrected chi connectivity index (χ4v) is 1.59. The molecule has 1 unspecified atom stereocenters. The number of aliphatic imine (C=N–C) groups is 1. The van der Waals surface area contributed by atoms with E-state index in [9.17, 15) is 21.6 Å². The van der Waals surface area contributed by atoms with Crippen LogP contribution in [0.4, 0.5) is 13.2 Å². The topological polar surface area (TPSA) is 75.8 Å². The Morgan fingerprint density at radius 3 is 2.56 bits per heavy atom. The summed E-state index contributed by atoms with van der Waals surface area (Å²) < 4.78 is 58.9. The van der Waals surface area contributed by atoms with E-state index < -0.39 is 28.8 Å². The Bertz CT molecular complexity index is 427. The molecule has 0 radical (unpaired) electrons. The molecule has 0 aromatic carbocycles. The molecular weight excluding hydrogens is 247 g/mol. The van der Waals surface area contributed by atoms with Crippen LogP contribution in [-0.2, 0) is 10.0 Å². The third kappa shape index (κ3) is 2.95. The van der Waals surface area contributed by atoms with Gasteiger partial charge in [-0.2, -0.15) is 13.2 Å². The van der Waals surface area contributed by atoms with E-state index in [0.717, 1.165) is 24.4 Å². The third-order valence-electron chi connectivity index (χ3n) is 2.11. The number of nitrogens with zero attached hydrogens (tertiary/aromatic N) is 2. The van der Waals surface area contributed by atoms with Crippen molar-refractivity contribution in [3.8, 4) is 0 Å². The van der Waals surface area contributed by atoms with E-state index in [1.54, 1.807) is 0 Å². The number of halogens is 3. The molecule has 0 saturated heterocycles. The summed E-state index contributed by atoms with van der Waals surface area (Å²) in [6, 6.07) is -1.82. The molecule has 9 heteroatoms. The van der Waals surface area contributed by atoms with Crippen LogP contribution in [0.2, 0.25) is 0 Å². The highest BCUT2D eigenvalue weighted by atomic mass is 32.2. The van der Waals surface area contributed by atoms with Crippen molar-refractivity contribution in [2.45, 2.75) is 19.1 Å². The van der Waals surface area contributed by atoms with E-state index in [1.165, 1.54) is 0 Å². The van der Waals surface area contributed by atoms with Crippen molar-refractivity contribution in [2.24, 2.45) is 10.1 Å². The molecular formula is C7H10F3N3O2S. The van der Waals surface area contributed by atoms with E-state index in [1.807, 2.05) is 0 Å². The molecule has 92 valence electrons. The molecule has 5 nitrogen and oxygen atoms in total. The second-order valence-corrected chi connectivity index (χ2v) is 4.91. The first-order valence-corrected chi connectivity index (χ1v) is 5.74. The first-order chi connectivity index (χ1) is 7.12. The first kappa shape index (κ1) is 13.0. The molecule has 0 amide bonds. The third-order valence-corrected chi connectivity index (χ3v) is 3.07. The molecule has 0 bridgehead atoms. The van der Waals surface area contributed by atoms with Crippen molar-refractivity contribution in [2.75, 3.05) is 6.54 Å². The van der Waals surface area contributed by atoms with E-state index >= 15 is 0 Å². The predicted molar refractivity (Wildman–Crippen MR) is 51.9 cm³/mol. The molecule has 0 spiro atoms. The van der Waals surface area contributed by atoms with E-state index in [-0.39, 0.29) is 4.91 Å². The minimum Gasteiger partial charge on any atom is -0.346 e. The predicted octanol–water partition coefficient (Wildman–Crippen LogP) is 0.411. The second kappa shape index (κ2) is 4.06. The number of alkyl halides is 3. The molecule has 1 aliphatic rings. The minimum absolute atomic E-state index is 0.342. The summed E-state index contributed by atoms with van der Waals surface area (Å²) in [4.78, 5) is 3.84. The molecule has 1 aliphatic heterocycles. The Morgan fingerprint density at radius 2 is 2.12 bits per heavy atom. The normalized spacial score (nSPS) is 19.6. The van der Waals surface area contributed by atoms with Crippen LogP contribution in [0.1, 0.15) is 6.92 Å². The highest BCUT2D eigenvalue weighted by Crippen LogP contribution is 2.25. The van der Waals surface area contributed by atoms with Crippen molar-refractivity contribution in [1.82, 2.24) is 4.90 Å². The van der Waals surface area contributed by atoms with Gasteiger partial charge in [0.25, 0.3) is 0 Å². The number of hydrogen-bond donors (Lipinski definition) is 1. The lowest BCUT2D eigenvalue weighted by atomic mass is 10.3. The standard InChI is InChI=1S/C7H10F3N3O2S/c1-5(7(8,9)10)13-3-6(2-12-4-13)16(11,14)15/h2,4-5H,3H2,1H3,(H2,11,14,15). The smallest absolute Gasteiger partial charge is 0.346 e. The molecule has 2 N–H and O–H groups in total. The summed E-state index contributed by atoms with van der Waals surface area (Å²) in [5.74, 6) is 0. The van der Waals surface area contributed by atoms with Crippen molar-refractivity contribution in [3.05, 3.63) is 11.1 Å². The Hall–Kier alpha value is -1.09. The maximum atomic E-state index is 12.4. The van der Waals surface area contributed by atoms with E-state index in [2.05, 4.69) is 4.99 Å². The molecule has 0 aromatic rings. The van der Waals surface area contributed by atoms with Crippen LogP contribution < -0.4 is 5.14 Å². The minimum atomic E-state index is -4.45. The Labute approximate surface area is 90.5 Å². The number of primary sulfonamides is 1. The summed E-state index contributed by atoms with van der Waals surface area (Å²) in [5.41, 5.74) is 0. The van der Waals surface area contributed by atoms with Gasteiger partial charge in [0.2, 0.25) is 10.0 Å². The lowest BCUT2D eigenvalue weighted by molar-refractivity contribution is -0.167. The van der Waals surface area contributed by atoms with E-state index in [4.69, 9.17) is 5.14 Å². The molecule has 1 atom stereocenters. The fourth-order valence-electron chi connectivity index (χ4n) is 1.05. The lowest BCUT2D eigenvalue weighted by Gasteiger charge is -2.30. The van der Waals surface area contributed by atoms with Gasteiger partial charge in [-0.05, 0) is 6.92 Å². The SMILES string of the molecule is CC(N1C=NC=C(S(N)(=O)=O)C1)C(F)(F)F. The number of nitrogens with two attached hydrogens (primary N) is 1.